The van der Waals surface area contributed by atoms with E-state index < -0.39 is 17.7 Å². The van der Waals surface area contributed by atoms with Crippen molar-refractivity contribution in [3.05, 3.63) is 65.0 Å². The Balaban J connectivity index is 2.51. The molecule has 0 aromatic heterocycles. The molecule has 0 aliphatic heterocycles. The molecule has 3 nitrogen and oxygen atoms in total. The summed E-state index contributed by atoms with van der Waals surface area (Å²) in [5, 5.41) is 9.38. The Morgan fingerprint density at radius 3 is 2.47 bits per heavy atom. The fourth-order valence-electron chi connectivity index (χ4n) is 2.05. The molecule has 0 amide bonds. The molecule has 2 aromatic carbocycles. The average Bonchev–Trinajstić information content (AvgIpc) is 2.33. The number of halogens is 1. The molecule has 3 N–H and O–H groups in total. The van der Waals surface area contributed by atoms with Gasteiger partial charge in [-0.1, -0.05) is 35.9 Å². The van der Waals surface area contributed by atoms with Gasteiger partial charge in [0.05, 0.1) is 5.69 Å². The number of aryl methyl sites for hydroxylation is 1. The van der Waals surface area contributed by atoms with E-state index in [9.17, 15) is 14.3 Å². The fourth-order valence-corrected chi connectivity index (χ4v) is 2.05. The van der Waals surface area contributed by atoms with Gasteiger partial charge in [-0.3, -0.25) is 4.79 Å². The van der Waals surface area contributed by atoms with E-state index in [1.807, 2.05) is 13.0 Å². The Morgan fingerprint density at radius 1 is 1.21 bits per heavy atom. The van der Waals surface area contributed by atoms with Gasteiger partial charge in [0.2, 0.25) is 0 Å². The quantitative estimate of drug-likeness (QED) is 0.833. The highest BCUT2D eigenvalue weighted by Gasteiger charge is 2.22. The van der Waals surface area contributed by atoms with Crippen molar-refractivity contribution in [3.8, 4) is 0 Å². The van der Waals surface area contributed by atoms with E-state index in [4.69, 9.17) is 5.73 Å². The highest BCUT2D eigenvalue weighted by Crippen LogP contribution is 2.27. The summed E-state index contributed by atoms with van der Waals surface area (Å²) in [6.45, 7) is 1.88. The van der Waals surface area contributed by atoms with Crippen LogP contribution in [0.25, 0.3) is 0 Å². The fraction of sp³-hybridized carbons (Fsp3) is 0.133. The van der Waals surface area contributed by atoms with Gasteiger partial charge in [-0.05, 0) is 30.2 Å². The molecule has 98 valence electrons. The zero-order chi connectivity index (χ0) is 14.0. The SMILES string of the molecule is Cc1cccc(C(C(=O)O)c2ccc(N)c(F)c2)c1. The zero-order valence-electron chi connectivity index (χ0n) is 10.4. The molecule has 0 radical (unpaired) electrons. The summed E-state index contributed by atoms with van der Waals surface area (Å²) in [4.78, 5) is 11.5. The molecular weight excluding hydrogens is 245 g/mol. The molecule has 0 saturated heterocycles. The standard InChI is InChI=1S/C15H14FNO2/c1-9-3-2-4-10(7-9)14(15(18)19)11-5-6-13(17)12(16)8-11/h2-8,14H,17H2,1H3,(H,18,19). The first kappa shape index (κ1) is 13.1. The van der Waals surface area contributed by atoms with Gasteiger partial charge >= 0.3 is 5.97 Å². The first-order chi connectivity index (χ1) is 8.99. The molecule has 0 spiro atoms. The summed E-state index contributed by atoms with van der Waals surface area (Å²) >= 11 is 0. The number of carbonyl (C=O) groups is 1. The van der Waals surface area contributed by atoms with Crippen LogP contribution < -0.4 is 5.73 Å². The maximum absolute atomic E-state index is 13.5. The molecule has 0 bridgehead atoms. The molecule has 0 heterocycles. The van der Waals surface area contributed by atoms with Gasteiger partial charge in [-0.15, -0.1) is 0 Å². The summed E-state index contributed by atoms with van der Waals surface area (Å²) in [7, 11) is 0. The van der Waals surface area contributed by atoms with Crippen molar-refractivity contribution in [2.24, 2.45) is 0 Å². The highest BCUT2D eigenvalue weighted by molar-refractivity contribution is 5.80. The number of carboxylic acid groups (broad SMARTS) is 1. The largest absolute Gasteiger partial charge is 0.481 e. The van der Waals surface area contributed by atoms with E-state index >= 15 is 0 Å². The third-order valence-corrected chi connectivity index (χ3v) is 2.98. The molecule has 0 aliphatic rings. The number of carboxylic acids is 1. The van der Waals surface area contributed by atoms with Crippen LogP contribution in [0.1, 0.15) is 22.6 Å². The summed E-state index contributed by atoms with van der Waals surface area (Å²) in [6, 6.07) is 11.3. The van der Waals surface area contributed by atoms with Crippen LogP contribution in [0, 0.1) is 12.7 Å². The zero-order valence-corrected chi connectivity index (χ0v) is 10.4. The lowest BCUT2D eigenvalue weighted by atomic mass is 9.90. The number of anilines is 1. The van der Waals surface area contributed by atoms with Crippen molar-refractivity contribution in [1.82, 2.24) is 0 Å². The minimum absolute atomic E-state index is 0.0112. The van der Waals surface area contributed by atoms with Gasteiger partial charge < -0.3 is 10.8 Å². The van der Waals surface area contributed by atoms with Crippen molar-refractivity contribution in [3.63, 3.8) is 0 Å². The van der Waals surface area contributed by atoms with Crippen molar-refractivity contribution < 1.29 is 14.3 Å². The summed E-state index contributed by atoms with van der Waals surface area (Å²) < 4.78 is 13.5. The van der Waals surface area contributed by atoms with Crippen molar-refractivity contribution in [2.75, 3.05) is 5.73 Å². The van der Waals surface area contributed by atoms with Crippen LogP contribution >= 0.6 is 0 Å². The number of aliphatic carboxylic acids is 1. The van der Waals surface area contributed by atoms with E-state index in [2.05, 4.69) is 0 Å². The maximum atomic E-state index is 13.5. The molecule has 2 rings (SSSR count). The minimum atomic E-state index is -1.02. The summed E-state index contributed by atoms with van der Waals surface area (Å²) in [5.74, 6) is -2.51. The van der Waals surface area contributed by atoms with Gasteiger partial charge in [0.25, 0.3) is 0 Å². The van der Waals surface area contributed by atoms with Crippen molar-refractivity contribution >= 4 is 11.7 Å². The molecule has 4 heteroatoms. The van der Waals surface area contributed by atoms with Crippen LogP contribution in [-0.4, -0.2) is 11.1 Å². The summed E-state index contributed by atoms with van der Waals surface area (Å²) in [5.41, 5.74) is 7.38. The number of benzene rings is 2. The molecule has 0 saturated carbocycles. The molecule has 1 unspecified atom stereocenters. The van der Waals surface area contributed by atoms with Crippen LogP contribution in [-0.2, 0) is 4.79 Å². The lowest BCUT2D eigenvalue weighted by molar-refractivity contribution is -0.137. The molecule has 2 aromatic rings. The van der Waals surface area contributed by atoms with Crippen LogP contribution in [0.15, 0.2) is 42.5 Å². The normalized spacial score (nSPS) is 12.1. The second-order valence-corrected chi connectivity index (χ2v) is 4.47. The summed E-state index contributed by atoms with van der Waals surface area (Å²) in [6.07, 6.45) is 0. The predicted octanol–water partition coefficient (Wildman–Crippen LogP) is 2.93. The van der Waals surface area contributed by atoms with Crippen LogP contribution in [0.4, 0.5) is 10.1 Å². The van der Waals surface area contributed by atoms with E-state index in [1.165, 1.54) is 12.1 Å². The predicted molar refractivity (Wildman–Crippen MR) is 71.5 cm³/mol. The maximum Gasteiger partial charge on any atom is 0.315 e. The van der Waals surface area contributed by atoms with Crippen LogP contribution in [0.3, 0.4) is 0 Å². The third kappa shape index (κ3) is 2.73. The number of nitrogen functional groups attached to an aromatic ring is 1. The Morgan fingerprint density at radius 2 is 1.89 bits per heavy atom. The van der Waals surface area contributed by atoms with Crippen LogP contribution in [0.2, 0.25) is 0 Å². The van der Waals surface area contributed by atoms with Crippen molar-refractivity contribution in [2.45, 2.75) is 12.8 Å². The number of hydrogen-bond donors (Lipinski definition) is 2. The Bertz CT molecular complexity index is 625. The Labute approximate surface area is 110 Å². The second-order valence-electron chi connectivity index (χ2n) is 4.47. The van der Waals surface area contributed by atoms with Gasteiger partial charge in [0.15, 0.2) is 0 Å². The Kier molecular flexibility index (Phi) is 3.51. The molecule has 0 aliphatic carbocycles. The number of hydrogen-bond acceptors (Lipinski definition) is 2. The molecular formula is C15H14FNO2. The minimum Gasteiger partial charge on any atom is -0.481 e. The Hall–Kier alpha value is -2.36. The lowest BCUT2D eigenvalue weighted by Crippen LogP contribution is -2.13. The second kappa shape index (κ2) is 5.10. The van der Waals surface area contributed by atoms with Crippen LogP contribution in [0.5, 0.6) is 0 Å². The average molecular weight is 259 g/mol. The van der Waals surface area contributed by atoms with Gasteiger partial charge in [0, 0.05) is 0 Å². The van der Waals surface area contributed by atoms with Gasteiger partial charge in [-0.25, -0.2) is 4.39 Å². The topological polar surface area (TPSA) is 63.3 Å². The first-order valence-corrected chi connectivity index (χ1v) is 5.83. The van der Waals surface area contributed by atoms with Gasteiger partial charge in [0.1, 0.15) is 11.7 Å². The van der Waals surface area contributed by atoms with Crippen molar-refractivity contribution in [1.29, 1.82) is 0 Å². The number of nitrogens with two attached hydrogens (primary N) is 1. The number of rotatable bonds is 3. The van der Waals surface area contributed by atoms with Gasteiger partial charge in [-0.2, -0.15) is 0 Å². The first-order valence-electron chi connectivity index (χ1n) is 5.83. The highest BCUT2D eigenvalue weighted by atomic mass is 19.1. The van der Waals surface area contributed by atoms with E-state index in [-0.39, 0.29) is 5.69 Å². The van der Waals surface area contributed by atoms with E-state index in [1.54, 1.807) is 24.3 Å². The molecule has 0 fully saturated rings. The third-order valence-electron chi connectivity index (χ3n) is 2.98. The molecule has 19 heavy (non-hydrogen) atoms. The van der Waals surface area contributed by atoms with E-state index in [0.717, 1.165) is 5.56 Å². The van der Waals surface area contributed by atoms with E-state index in [0.29, 0.717) is 11.1 Å². The molecule has 1 atom stereocenters. The lowest BCUT2D eigenvalue weighted by Gasteiger charge is -2.14. The smallest absolute Gasteiger partial charge is 0.315 e. The monoisotopic (exact) mass is 259 g/mol.